The Morgan fingerprint density at radius 1 is 1.25 bits per heavy atom. The lowest BCUT2D eigenvalue weighted by atomic mass is 9.94. The Kier molecular flexibility index (Phi) is 4.88. The highest BCUT2D eigenvalue weighted by atomic mass is 16.5. The molecule has 0 bridgehead atoms. The maximum Gasteiger partial charge on any atom is 0.334 e. The summed E-state index contributed by atoms with van der Waals surface area (Å²) in [5.41, 5.74) is 4.18. The molecule has 0 radical (unpaired) electrons. The van der Waals surface area contributed by atoms with Crippen molar-refractivity contribution in [2.45, 2.75) is 26.2 Å². The fourth-order valence-electron chi connectivity index (χ4n) is 2.21. The molecule has 2 aliphatic rings. The third kappa shape index (κ3) is 3.44. The van der Waals surface area contributed by atoms with E-state index in [2.05, 4.69) is 24.1 Å². The van der Waals surface area contributed by atoms with Crippen molar-refractivity contribution < 1.29 is 9.53 Å². The first-order chi connectivity index (χ1) is 9.72. The topological polar surface area (TPSA) is 38.7 Å². The minimum Gasteiger partial charge on any atom is -0.466 e. The van der Waals surface area contributed by atoms with Crippen molar-refractivity contribution >= 4 is 12.2 Å². The van der Waals surface area contributed by atoms with E-state index in [9.17, 15) is 4.79 Å². The monoisotopic (exact) mass is 269 g/mol. The average Bonchev–Trinajstić information content (AvgIpc) is 2.63. The zero-order valence-corrected chi connectivity index (χ0v) is 11.9. The van der Waals surface area contributed by atoms with E-state index in [4.69, 9.17) is 4.74 Å². The molecule has 2 rings (SSSR count). The van der Waals surface area contributed by atoms with Gasteiger partial charge in [0.2, 0.25) is 0 Å². The van der Waals surface area contributed by atoms with Crippen molar-refractivity contribution in [3.05, 3.63) is 58.9 Å². The van der Waals surface area contributed by atoms with E-state index in [1.54, 1.807) is 0 Å². The second kappa shape index (κ2) is 6.85. The van der Waals surface area contributed by atoms with Crippen molar-refractivity contribution in [1.82, 2.24) is 0 Å². The molecule has 3 nitrogen and oxygen atoms in total. The lowest BCUT2D eigenvalue weighted by Crippen LogP contribution is -2.04. The van der Waals surface area contributed by atoms with Gasteiger partial charge in [0.15, 0.2) is 0 Å². The van der Waals surface area contributed by atoms with Crippen LogP contribution >= 0.6 is 0 Å². The van der Waals surface area contributed by atoms with Gasteiger partial charge in [-0.25, -0.2) is 4.79 Å². The first kappa shape index (κ1) is 14.3. The van der Waals surface area contributed by atoms with Gasteiger partial charge >= 0.3 is 5.97 Å². The summed E-state index contributed by atoms with van der Waals surface area (Å²) in [6.07, 6.45) is 16.2. The number of hydrogen-bond donors (Lipinski definition) is 0. The summed E-state index contributed by atoms with van der Waals surface area (Å²) < 4.78 is 4.79. The van der Waals surface area contributed by atoms with Crippen LogP contribution in [0, 0.1) is 0 Å². The highest BCUT2D eigenvalue weighted by molar-refractivity contribution is 5.89. The van der Waals surface area contributed by atoms with Crippen LogP contribution in [0.2, 0.25) is 0 Å². The normalized spacial score (nSPS) is 25.7. The molecule has 1 aliphatic carbocycles. The van der Waals surface area contributed by atoms with E-state index in [-0.39, 0.29) is 5.97 Å². The smallest absolute Gasteiger partial charge is 0.334 e. The molecule has 0 aromatic carbocycles. The molecule has 0 saturated carbocycles. The number of carbonyl (C=O) groups is 1. The molecule has 1 heterocycles. The van der Waals surface area contributed by atoms with Gasteiger partial charge in [-0.1, -0.05) is 30.4 Å². The minimum atomic E-state index is -0.271. The lowest BCUT2D eigenvalue weighted by Gasteiger charge is -2.12. The van der Waals surface area contributed by atoms with E-state index in [0.29, 0.717) is 12.0 Å². The summed E-state index contributed by atoms with van der Waals surface area (Å²) in [5.74, 6) is -0.271. The quantitative estimate of drug-likeness (QED) is 0.566. The Labute approximate surface area is 119 Å². The molecule has 0 saturated heterocycles. The van der Waals surface area contributed by atoms with Gasteiger partial charge in [0.05, 0.1) is 7.11 Å². The molecule has 0 unspecified atom stereocenters. The summed E-state index contributed by atoms with van der Waals surface area (Å²) in [7, 11) is 1.41. The number of esters is 1. The third-order valence-electron chi connectivity index (χ3n) is 3.38. The zero-order chi connectivity index (χ0) is 14.4. The summed E-state index contributed by atoms with van der Waals surface area (Å²) in [6.45, 7) is 2.09. The van der Waals surface area contributed by atoms with Crippen LogP contribution < -0.4 is 0 Å². The number of hydrogen-bond acceptors (Lipinski definition) is 3. The third-order valence-corrected chi connectivity index (χ3v) is 3.38. The van der Waals surface area contributed by atoms with Crippen LogP contribution in [0.5, 0.6) is 0 Å². The second-order valence-electron chi connectivity index (χ2n) is 4.75. The highest BCUT2D eigenvalue weighted by Gasteiger charge is 2.11. The zero-order valence-electron chi connectivity index (χ0n) is 11.9. The van der Waals surface area contributed by atoms with Gasteiger partial charge in [-0.2, -0.15) is 0 Å². The number of carbonyl (C=O) groups excluding carboxylic acids is 1. The molecule has 20 heavy (non-hydrogen) atoms. The van der Waals surface area contributed by atoms with Crippen LogP contribution in [0.4, 0.5) is 0 Å². The SMILES string of the molecule is COC(=O)/C1=C/C=C(/C2=CN=CCC=C2C)C/C=C\C1. The number of nitrogens with zero attached hydrogens (tertiary/aromatic N) is 1. The Hall–Kier alpha value is -2.16. The van der Waals surface area contributed by atoms with Gasteiger partial charge in [-0.3, -0.25) is 4.99 Å². The number of methoxy groups -OCH3 is 1. The highest BCUT2D eigenvalue weighted by Crippen LogP contribution is 2.26. The molecule has 0 amide bonds. The van der Waals surface area contributed by atoms with E-state index in [1.165, 1.54) is 12.7 Å². The largest absolute Gasteiger partial charge is 0.466 e. The summed E-state index contributed by atoms with van der Waals surface area (Å²) >= 11 is 0. The molecular formula is C17H19NO2. The fraction of sp³-hybridized carbons (Fsp3) is 0.294. The van der Waals surface area contributed by atoms with Crippen molar-refractivity contribution in [2.24, 2.45) is 4.99 Å². The summed E-state index contributed by atoms with van der Waals surface area (Å²) in [5, 5.41) is 0. The maximum absolute atomic E-state index is 11.6. The first-order valence-electron chi connectivity index (χ1n) is 6.74. The number of ether oxygens (including phenoxy) is 1. The Balaban J connectivity index is 2.35. The van der Waals surface area contributed by atoms with Crippen molar-refractivity contribution in [3.8, 4) is 0 Å². The molecule has 0 spiro atoms. The second-order valence-corrected chi connectivity index (χ2v) is 4.75. The summed E-state index contributed by atoms with van der Waals surface area (Å²) in [6, 6.07) is 0. The van der Waals surface area contributed by atoms with Crippen LogP contribution in [0.1, 0.15) is 26.2 Å². The van der Waals surface area contributed by atoms with Crippen LogP contribution in [-0.2, 0) is 9.53 Å². The van der Waals surface area contributed by atoms with Crippen LogP contribution in [-0.4, -0.2) is 19.3 Å². The molecule has 0 aromatic heterocycles. The predicted molar refractivity (Wildman–Crippen MR) is 81.5 cm³/mol. The number of aliphatic imine (C=N–C) groups is 1. The number of rotatable bonds is 2. The Morgan fingerprint density at radius 3 is 2.85 bits per heavy atom. The van der Waals surface area contributed by atoms with E-state index >= 15 is 0 Å². The molecule has 0 fully saturated rings. The maximum atomic E-state index is 11.6. The van der Waals surface area contributed by atoms with Crippen molar-refractivity contribution in [1.29, 1.82) is 0 Å². The van der Waals surface area contributed by atoms with Gasteiger partial charge in [-0.15, -0.1) is 0 Å². The lowest BCUT2D eigenvalue weighted by molar-refractivity contribution is -0.136. The average molecular weight is 269 g/mol. The molecule has 0 N–H and O–H groups in total. The molecular weight excluding hydrogens is 250 g/mol. The van der Waals surface area contributed by atoms with E-state index in [1.807, 2.05) is 30.6 Å². The van der Waals surface area contributed by atoms with Crippen LogP contribution in [0.3, 0.4) is 0 Å². The predicted octanol–water partition coefficient (Wildman–Crippen LogP) is 3.67. The first-order valence-corrected chi connectivity index (χ1v) is 6.74. The van der Waals surface area contributed by atoms with Gasteiger partial charge in [0.1, 0.15) is 0 Å². The fourth-order valence-corrected chi connectivity index (χ4v) is 2.21. The van der Waals surface area contributed by atoms with Crippen LogP contribution in [0.15, 0.2) is 63.9 Å². The van der Waals surface area contributed by atoms with Gasteiger partial charge in [0, 0.05) is 24.4 Å². The molecule has 0 aromatic rings. The molecule has 3 heteroatoms. The Bertz CT molecular complexity index is 572. The van der Waals surface area contributed by atoms with Gasteiger partial charge < -0.3 is 4.74 Å². The van der Waals surface area contributed by atoms with E-state index < -0.39 is 0 Å². The summed E-state index contributed by atoms with van der Waals surface area (Å²) in [4.78, 5) is 15.9. The molecule has 104 valence electrons. The number of allylic oxidation sites excluding steroid dienone is 8. The van der Waals surface area contributed by atoms with Gasteiger partial charge in [0.25, 0.3) is 0 Å². The minimum absolute atomic E-state index is 0.271. The molecule has 0 atom stereocenters. The Morgan fingerprint density at radius 2 is 2.05 bits per heavy atom. The van der Waals surface area contributed by atoms with Crippen molar-refractivity contribution in [2.75, 3.05) is 7.11 Å². The van der Waals surface area contributed by atoms with E-state index in [0.717, 1.165) is 24.0 Å². The van der Waals surface area contributed by atoms with Crippen LogP contribution in [0.25, 0.3) is 0 Å². The molecule has 1 aliphatic heterocycles. The van der Waals surface area contributed by atoms with Crippen molar-refractivity contribution in [3.63, 3.8) is 0 Å². The standard InChI is InChI=1S/C17H19NO2/c1-13-6-5-11-18-12-16(13)14-7-3-4-8-15(10-9-14)17(19)20-2/h3-4,6,9-12H,5,7-8H2,1-2H3/b4-3-,14-9+,15-10+. The van der Waals surface area contributed by atoms with Gasteiger partial charge in [-0.05, 0) is 36.5 Å².